The Hall–Kier alpha value is -2.18. The van der Waals surface area contributed by atoms with E-state index in [-0.39, 0.29) is 18.5 Å². The molecular formula is C62H115NO5. The standard InChI is InChI=1S/C62H115NO5/c1-3-5-7-9-11-13-15-17-19-20-21-22-23-24-25-26-28-30-34-38-42-46-50-54-60(65)59(58-64)63-61(66)55-51-47-43-39-35-31-29-33-37-41-45-49-53-57-68-62(67)56-52-48-44-40-36-32-27-18-16-14-12-10-8-6-4-2/h18,27,31,35,43,47,50,54,59-60,64-65H,3-17,19-26,28-30,32-34,36-42,44-46,48-49,51-53,55-58H2,1-2H3,(H,63,66)/b27-18-,35-31-,47-43-,54-50+. The minimum atomic E-state index is -0.881. The fourth-order valence-corrected chi connectivity index (χ4v) is 8.97. The second-order valence-electron chi connectivity index (χ2n) is 20.3. The number of ether oxygens (including phenoxy) is 1. The summed E-state index contributed by atoms with van der Waals surface area (Å²) in [7, 11) is 0. The zero-order chi connectivity index (χ0) is 49.3. The number of allylic oxidation sites excluding steroid dienone is 7. The Morgan fingerprint density at radius 3 is 1.16 bits per heavy atom. The van der Waals surface area contributed by atoms with Crippen LogP contribution in [0.15, 0.2) is 48.6 Å². The number of hydrogen-bond donors (Lipinski definition) is 3. The van der Waals surface area contributed by atoms with Gasteiger partial charge in [-0.1, -0.05) is 268 Å². The Morgan fingerprint density at radius 1 is 0.412 bits per heavy atom. The quantitative estimate of drug-likeness (QED) is 0.0321. The third-order valence-corrected chi connectivity index (χ3v) is 13.6. The van der Waals surface area contributed by atoms with Gasteiger partial charge in [0.25, 0.3) is 0 Å². The second-order valence-corrected chi connectivity index (χ2v) is 20.3. The molecule has 68 heavy (non-hydrogen) atoms. The number of unbranched alkanes of at least 4 members (excludes halogenated alkanes) is 38. The first-order valence-electron chi connectivity index (χ1n) is 29.9. The van der Waals surface area contributed by atoms with Crippen molar-refractivity contribution in [2.75, 3.05) is 13.2 Å². The molecule has 0 heterocycles. The molecule has 6 heteroatoms. The third-order valence-electron chi connectivity index (χ3n) is 13.6. The predicted octanol–water partition coefficient (Wildman–Crippen LogP) is 18.6. The molecule has 1 amide bonds. The van der Waals surface area contributed by atoms with Gasteiger partial charge in [0.1, 0.15) is 0 Å². The number of carbonyl (C=O) groups excluding carboxylic acids is 2. The van der Waals surface area contributed by atoms with Gasteiger partial charge in [-0.05, 0) is 77.0 Å². The van der Waals surface area contributed by atoms with Gasteiger partial charge in [-0.15, -0.1) is 0 Å². The predicted molar refractivity (Wildman–Crippen MR) is 296 cm³/mol. The number of nitrogens with one attached hydrogen (secondary N) is 1. The van der Waals surface area contributed by atoms with Crippen LogP contribution in [0.3, 0.4) is 0 Å². The van der Waals surface area contributed by atoms with E-state index in [1.165, 1.54) is 225 Å². The number of hydrogen-bond acceptors (Lipinski definition) is 5. The molecule has 6 nitrogen and oxygen atoms in total. The topological polar surface area (TPSA) is 95.9 Å². The first kappa shape index (κ1) is 65.8. The molecule has 0 radical (unpaired) electrons. The molecule has 0 aromatic rings. The van der Waals surface area contributed by atoms with E-state index in [0.717, 1.165) is 51.4 Å². The normalized spacial score (nSPS) is 12.9. The summed E-state index contributed by atoms with van der Waals surface area (Å²) in [5.41, 5.74) is 0. The van der Waals surface area contributed by atoms with Gasteiger partial charge in [0.2, 0.25) is 5.91 Å². The maximum Gasteiger partial charge on any atom is 0.305 e. The van der Waals surface area contributed by atoms with Gasteiger partial charge >= 0.3 is 5.97 Å². The van der Waals surface area contributed by atoms with Gasteiger partial charge in [-0.3, -0.25) is 9.59 Å². The van der Waals surface area contributed by atoms with E-state index < -0.39 is 12.1 Å². The SMILES string of the molecule is CCCCCCCC/C=C\CCCCCCCC(=O)OCCCCCCCC/C=C\C/C=C\CCC(=O)NC(CO)C(O)/C=C/CCCCCCCCCCCCCCCCCCCCCCC. The van der Waals surface area contributed by atoms with Crippen LogP contribution in [0.5, 0.6) is 0 Å². The summed E-state index contributed by atoms with van der Waals surface area (Å²) in [6.07, 6.45) is 72.9. The highest BCUT2D eigenvalue weighted by atomic mass is 16.5. The molecule has 0 saturated carbocycles. The smallest absolute Gasteiger partial charge is 0.305 e. The molecule has 398 valence electrons. The summed E-state index contributed by atoms with van der Waals surface area (Å²) < 4.78 is 5.46. The molecule has 0 saturated heterocycles. The van der Waals surface area contributed by atoms with Crippen LogP contribution in [-0.2, 0) is 14.3 Å². The molecule has 0 aliphatic rings. The van der Waals surface area contributed by atoms with Crippen molar-refractivity contribution in [1.29, 1.82) is 0 Å². The summed E-state index contributed by atoms with van der Waals surface area (Å²) in [5.74, 6) is -0.174. The Labute approximate surface area is 423 Å². The van der Waals surface area contributed by atoms with Crippen LogP contribution < -0.4 is 5.32 Å². The molecule has 0 spiro atoms. The van der Waals surface area contributed by atoms with Crippen LogP contribution in [0.25, 0.3) is 0 Å². The van der Waals surface area contributed by atoms with Gasteiger partial charge in [-0.2, -0.15) is 0 Å². The first-order valence-corrected chi connectivity index (χ1v) is 29.9. The van der Waals surface area contributed by atoms with E-state index in [1.807, 2.05) is 12.2 Å². The lowest BCUT2D eigenvalue weighted by molar-refractivity contribution is -0.143. The van der Waals surface area contributed by atoms with Crippen molar-refractivity contribution in [2.45, 2.75) is 321 Å². The largest absolute Gasteiger partial charge is 0.466 e. The lowest BCUT2D eigenvalue weighted by atomic mass is 10.0. The van der Waals surface area contributed by atoms with Crippen molar-refractivity contribution in [3.05, 3.63) is 48.6 Å². The number of esters is 1. The lowest BCUT2D eigenvalue weighted by Crippen LogP contribution is -2.45. The minimum absolute atomic E-state index is 0.0264. The Kier molecular flexibility index (Phi) is 55.6. The Morgan fingerprint density at radius 2 is 0.750 bits per heavy atom. The van der Waals surface area contributed by atoms with E-state index >= 15 is 0 Å². The summed E-state index contributed by atoms with van der Waals surface area (Å²) in [4.78, 5) is 24.5. The molecule has 0 aliphatic heterocycles. The maximum atomic E-state index is 12.4. The van der Waals surface area contributed by atoms with E-state index in [0.29, 0.717) is 25.9 Å². The summed E-state index contributed by atoms with van der Waals surface area (Å²) in [6.45, 7) is 4.84. The zero-order valence-electron chi connectivity index (χ0n) is 45.3. The number of aliphatic hydroxyl groups excluding tert-OH is 2. The molecule has 3 N–H and O–H groups in total. The second kappa shape index (κ2) is 57.4. The average molecular weight is 955 g/mol. The Balaban J connectivity index is 3.57. The van der Waals surface area contributed by atoms with Gasteiger partial charge in [0.05, 0.1) is 25.4 Å². The molecule has 2 unspecified atom stereocenters. The molecule has 0 fully saturated rings. The third kappa shape index (κ3) is 53.2. The summed E-state index contributed by atoms with van der Waals surface area (Å²) >= 11 is 0. The van der Waals surface area contributed by atoms with Crippen LogP contribution >= 0.6 is 0 Å². The molecule has 0 bridgehead atoms. The van der Waals surface area contributed by atoms with E-state index in [4.69, 9.17) is 4.74 Å². The summed E-state index contributed by atoms with van der Waals surface area (Å²) in [5, 5.41) is 23.1. The average Bonchev–Trinajstić information content (AvgIpc) is 3.34. The van der Waals surface area contributed by atoms with Crippen LogP contribution in [0.2, 0.25) is 0 Å². The molecule has 0 aromatic carbocycles. The van der Waals surface area contributed by atoms with Gasteiger partial charge in [0, 0.05) is 12.8 Å². The van der Waals surface area contributed by atoms with Crippen LogP contribution in [-0.4, -0.2) is 47.4 Å². The van der Waals surface area contributed by atoms with E-state index in [2.05, 4.69) is 49.5 Å². The van der Waals surface area contributed by atoms with Gasteiger partial charge in [0.15, 0.2) is 0 Å². The van der Waals surface area contributed by atoms with Crippen LogP contribution in [0.1, 0.15) is 309 Å². The first-order chi connectivity index (χ1) is 33.5. The lowest BCUT2D eigenvalue weighted by Gasteiger charge is -2.19. The summed E-state index contributed by atoms with van der Waals surface area (Å²) in [6, 6.07) is -0.674. The highest BCUT2D eigenvalue weighted by Gasteiger charge is 2.17. The van der Waals surface area contributed by atoms with Crippen molar-refractivity contribution in [3.8, 4) is 0 Å². The van der Waals surface area contributed by atoms with Crippen molar-refractivity contribution in [1.82, 2.24) is 5.32 Å². The minimum Gasteiger partial charge on any atom is -0.466 e. The Bertz CT molecular complexity index is 1150. The van der Waals surface area contributed by atoms with Crippen molar-refractivity contribution >= 4 is 11.9 Å². The molecule has 0 rings (SSSR count). The molecule has 0 aliphatic carbocycles. The number of rotatable bonds is 55. The van der Waals surface area contributed by atoms with Crippen LogP contribution in [0, 0.1) is 0 Å². The number of amides is 1. The van der Waals surface area contributed by atoms with E-state index in [1.54, 1.807) is 6.08 Å². The zero-order valence-corrected chi connectivity index (χ0v) is 45.3. The van der Waals surface area contributed by atoms with Crippen molar-refractivity contribution < 1.29 is 24.5 Å². The van der Waals surface area contributed by atoms with Gasteiger partial charge in [-0.25, -0.2) is 0 Å². The highest BCUT2D eigenvalue weighted by molar-refractivity contribution is 5.76. The molecule has 0 aromatic heterocycles. The number of aliphatic hydroxyl groups is 2. The van der Waals surface area contributed by atoms with Gasteiger partial charge < -0.3 is 20.3 Å². The highest BCUT2D eigenvalue weighted by Crippen LogP contribution is 2.17. The van der Waals surface area contributed by atoms with E-state index in [9.17, 15) is 19.8 Å². The van der Waals surface area contributed by atoms with Crippen LogP contribution in [0.4, 0.5) is 0 Å². The molecular weight excluding hydrogens is 839 g/mol. The van der Waals surface area contributed by atoms with Crippen molar-refractivity contribution in [2.24, 2.45) is 0 Å². The number of carbonyl (C=O) groups is 2. The monoisotopic (exact) mass is 954 g/mol. The fourth-order valence-electron chi connectivity index (χ4n) is 8.97. The molecule has 2 atom stereocenters. The fraction of sp³-hybridized carbons (Fsp3) is 0.839. The van der Waals surface area contributed by atoms with Crippen molar-refractivity contribution in [3.63, 3.8) is 0 Å². The maximum absolute atomic E-state index is 12.4.